The van der Waals surface area contributed by atoms with Crippen molar-refractivity contribution in [2.24, 2.45) is 0 Å². The number of hydrogen-bond donors (Lipinski definition) is 2. The van der Waals surface area contributed by atoms with Crippen molar-refractivity contribution in [2.75, 3.05) is 0 Å². The van der Waals surface area contributed by atoms with Crippen molar-refractivity contribution in [3.8, 4) is 22.8 Å². The summed E-state index contributed by atoms with van der Waals surface area (Å²) in [5, 5.41) is 12.6. The van der Waals surface area contributed by atoms with Crippen LogP contribution >= 0.6 is 0 Å². The summed E-state index contributed by atoms with van der Waals surface area (Å²) in [5.74, 6) is -0.00717. The van der Waals surface area contributed by atoms with E-state index in [1.807, 2.05) is 0 Å². The first-order valence-corrected chi connectivity index (χ1v) is 6.27. The molecule has 0 radical (unpaired) electrons. The number of fused-ring (bicyclic) bond motifs is 1. The van der Waals surface area contributed by atoms with Crippen LogP contribution in [-0.2, 0) is 0 Å². The molecule has 110 valence electrons. The summed E-state index contributed by atoms with van der Waals surface area (Å²) in [6.45, 7) is 0. The van der Waals surface area contributed by atoms with Gasteiger partial charge in [-0.2, -0.15) is 10.2 Å². The largest absolute Gasteiger partial charge is 0.296 e. The maximum absolute atomic E-state index is 12.7. The fourth-order valence-corrected chi connectivity index (χ4v) is 2.18. The van der Waals surface area contributed by atoms with Crippen molar-refractivity contribution in [1.29, 1.82) is 0 Å². The smallest absolute Gasteiger partial charge is 0.285 e. The van der Waals surface area contributed by atoms with Gasteiger partial charge in [0.25, 0.3) is 6.43 Å². The molecule has 0 aliphatic rings. The SMILES string of the molecule is FC(F)c1nc(-c2nc3ncccn3c2-c2cn[nH]c2)n[nH]1. The molecule has 4 rings (SSSR count). The van der Waals surface area contributed by atoms with Gasteiger partial charge in [-0.15, -0.1) is 0 Å². The van der Waals surface area contributed by atoms with Gasteiger partial charge in [-0.1, -0.05) is 0 Å². The number of imidazole rings is 1. The molecule has 0 fully saturated rings. The average molecular weight is 302 g/mol. The van der Waals surface area contributed by atoms with Crippen LogP contribution in [0.25, 0.3) is 28.6 Å². The van der Waals surface area contributed by atoms with Crippen LogP contribution in [0.15, 0.2) is 30.9 Å². The second-order valence-electron chi connectivity index (χ2n) is 4.43. The van der Waals surface area contributed by atoms with E-state index in [0.29, 0.717) is 17.2 Å². The van der Waals surface area contributed by atoms with Crippen molar-refractivity contribution in [3.05, 3.63) is 36.7 Å². The molecule has 0 atom stereocenters. The minimum absolute atomic E-state index is 0.0806. The Labute approximate surface area is 121 Å². The van der Waals surface area contributed by atoms with E-state index < -0.39 is 12.2 Å². The zero-order chi connectivity index (χ0) is 15.1. The maximum atomic E-state index is 12.7. The highest BCUT2D eigenvalue weighted by Crippen LogP contribution is 2.30. The first-order valence-electron chi connectivity index (χ1n) is 6.27. The standard InChI is InChI=1S/C12H8F2N8/c13-9(14)11-19-10(20-21-11)7-8(6-4-16-17-5-6)22-3-1-2-15-12(22)18-7/h1-5,9H,(H,16,17)(H,19,20,21). The molecule has 10 heteroatoms. The number of halogens is 2. The number of alkyl halides is 2. The number of H-pyrrole nitrogens is 2. The molecule has 0 aliphatic carbocycles. The minimum atomic E-state index is -2.73. The van der Waals surface area contributed by atoms with Gasteiger partial charge in [0, 0.05) is 24.2 Å². The van der Waals surface area contributed by atoms with E-state index in [2.05, 4.69) is 35.3 Å². The Hall–Kier alpha value is -3.17. The van der Waals surface area contributed by atoms with Crippen molar-refractivity contribution in [2.45, 2.75) is 6.43 Å². The third kappa shape index (κ3) is 1.84. The van der Waals surface area contributed by atoms with Gasteiger partial charge in [-0.05, 0) is 6.07 Å². The molecule has 4 heterocycles. The number of hydrogen-bond acceptors (Lipinski definition) is 5. The Morgan fingerprint density at radius 1 is 1.23 bits per heavy atom. The monoisotopic (exact) mass is 302 g/mol. The summed E-state index contributed by atoms with van der Waals surface area (Å²) in [6, 6.07) is 1.74. The lowest BCUT2D eigenvalue weighted by Crippen LogP contribution is -1.90. The molecule has 4 aromatic rings. The Kier molecular flexibility index (Phi) is 2.68. The maximum Gasteiger partial charge on any atom is 0.296 e. The molecule has 4 aromatic heterocycles. The second-order valence-corrected chi connectivity index (χ2v) is 4.43. The summed E-state index contributed by atoms with van der Waals surface area (Å²) in [6.07, 6.45) is 3.89. The van der Waals surface area contributed by atoms with E-state index in [-0.39, 0.29) is 5.82 Å². The zero-order valence-corrected chi connectivity index (χ0v) is 10.9. The highest BCUT2D eigenvalue weighted by molar-refractivity contribution is 5.77. The molecule has 0 aliphatic heterocycles. The average Bonchev–Trinajstić information content (AvgIpc) is 3.24. The van der Waals surface area contributed by atoms with Gasteiger partial charge >= 0.3 is 0 Å². The van der Waals surface area contributed by atoms with Gasteiger partial charge in [0.1, 0.15) is 5.69 Å². The summed E-state index contributed by atoms with van der Waals surface area (Å²) >= 11 is 0. The van der Waals surface area contributed by atoms with Crippen LogP contribution in [0.2, 0.25) is 0 Å². The van der Waals surface area contributed by atoms with Gasteiger partial charge in [0.05, 0.1) is 11.9 Å². The fourth-order valence-electron chi connectivity index (χ4n) is 2.18. The van der Waals surface area contributed by atoms with Gasteiger partial charge < -0.3 is 0 Å². The highest BCUT2D eigenvalue weighted by atomic mass is 19.3. The van der Waals surface area contributed by atoms with Crippen molar-refractivity contribution >= 4 is 5.78 Å². The Morgan fingerprint density at radius 3 is 2.86 bits per heavy atom. The third-order valence-corrected chi connectivity index (χ3v) is 3.10. The van der Waals surface area contributed by atoms with Crippen LogP contribution in [-0.4, -0.2) is 39.7 Å². The molecule has 0 saturated carbocycles. The van der Waals surface area contributed by atoms with E-state index in [4.69, 9.17) is 0 Å². The zero-order valence-electron chi connectivity index (χ0n) is 10.9. The minimum Gasteiger partial charge on any atom is -0.285 e. The van der Waals surface area contributed by atoms with Crippen molar-refractivity contribution in [3.63, 3.8) is 0 Å². The second kappa shape index (κ2) is 4.69. The van der Waals surface area contributed by atoms with E-state index >= 15 is 0 Å². The van der Waals surface area contributed by atoms with E-state index in [1.54, 1.807) is 35.3 Å². The molecule has 0 unspecified atom stereocenters. The van der Waals surface area contributed by atoms with Crippen molar-refractivity contribution < 1.29 is 8.78 Å². The topological polar surface area (TPSA) is 100 Å². The van der Waals surface area contributed by atoms with Crippen molar-refractivity contribution in [1.82, 2.24) is 39.7 Å². The third-order valence-electron chi connectivity index (χ3n) is 3.10. The predicted octanol–water partition coefficient (Wildman–Crippen LogP) is 1.84. The molecule has 0 amide bonds. The van der Waals surface area contributed by atoms with Crippen LogP contribution in [0, 0.1) is 0 Å². The van der Waals surface area contributed by atoms with Crippen LogP contribution < -0.4 is 0 Å². The number of aromatic nitrogens is 8. The summed E-state index contributed by atoms with van der Waals surface area (Å²) in [5.41, 5.74) is 1.69. The molecular weight excluding hydrogens is 294 g/mol. The van der Waals surface area contributed by atoms with Crippen LogP contribution in [0.3, 0.4) is 0 Å². The van der Waals surface area contributed by atoms with Gasteiger partial charge in [-0.25, -0.2) is 23.7 Å². The number of aromatic amines is 2. The van der Waals surface area contributed by atoms with Gasteiger partial charge in [0.2, 0.25) is 11.6 Å². The Balaban J connectivity index is 1.98. The molecule has 0 aromatic carbocycles. The first kappa shape index (κ1) is 12.6. The van der Waals surface area contributed by atoms with E-state index in [9.17, 15) is 8.78 Å². The summed E-state index contributed by atoms with van der Waals surface area (Å²) in [4.78, 5) is 12.3. The normalized spacial score (nSPS) is 11.6. The molecule has 22 heavy (non-hydrogen) atoms. The molecule has 2 N–H and O–H groups in total. The van der Waals surface area contributed by atoms with Crippen LogP contribution in [0.5, 0.6) is 0 Å². The van der Waals surface area contributed by atoms with Gasteiger partial charge in [-0.3, -0.25) is 14.6 Å². The molecule has 0 bridgehead atoms. The lowest BCUT2D eigenvalue weighted by molar-refractivity contribution is 0.141. The number of rotatable bonds is 3. The van der Waals surface area contributed by atoms with Crippen LogP contribution in [0.4, 0.5) is 8.78 Å². The highest BCUT2D eigenvalue weighted by Gasteiger charge is 2.22. The number of nitrogens with one attached hydrogen (secondary N) is 2. The first-order chi connectivity index (χ1) is 10.7. The fraction of sp³-hybridized carbons (Fsp3) is 0.0833. The Bertz CT molecular complexity index is 924. The van der Waals surface area contributed by atoms with Gasteiger partial charge in [0.15, 0.2) is 5.82 Å². The number of nitrogens with zero attached hydrogens (tertiary/aromatic N) is 6. The predicted molar refractivity (Wildman–Crippen MR) is 70.9 cm³/mol. The molecular formula is C12H8F2N8. The molecule has 0 spiro atoms. The van der Waals surface area contributed by atoms with E-state index in [0.717, 1.165) is 5.56 Å². The quantitative estimate of drug-likeness (QED) is 0.601. The van der Waals surface area contributed by atoms with Crippen LogP contribution in [0.1, 0.15) is 12.2 Å². The van der Waals surface area contributed by atoms with E-state index in [1.165, 1.54) is 0 Å². The molecule has 0 saturated heterocycles. The lowest BCUT2D eigenvalue weighted by atomic mass is 10.2. The summed E-state index contributed by atoms with van der Waals surface area (Å²) < 4.78 is 27.1. The Morgan fingerprint density at radius 2 is 2.14 bits per heavy atom. The summed E-state index contributed by atoms with van der Waals surface area (Å²) in [7, 11) is 0. The lowest BCUT2D eigenvalue weighted by Gasteiger charge is -1.99. The molecule has 8 nitrogen and oxygen atoms in total.